The average molecular weight is 328 g/mol. The predicted octanol–water partition coefficient (Wildman–Crippen LogP) is 4.63. The van der Waals surface area contributed by atoms with E-state index in [9.17, 15) is 4.39 Å². The van der Waals surface area contributed by atoms with Gasteiger partial charge in [-0.2, -0.15) is 5.10 Å². The number of nitrogens with zero attached hydrogens (tertiary/aromatic N) is 2. The normalized spacial score (nSPS) is 10.9. The van der Waals surface area contributed by atoms with Gasteiger partial charge >= 0.3 is 0 Å². The summed E-state index contributed by atoms with van der Waals surface area (Å²) in [6.45, 7) is 0. The lowest BCUT2D eigenvalue weighted by molar-refractivity contribution is 0.611. The van der Waals surface area contributed by atoms with Crippen molar-refractivity contribution >= 4 is 40.2 Å². The van der Waals surface area contributed by atoms with Gasteiger partial charge in [0.1, 0.15) is 21.5 Å². The summed E-state index contributed by atoms with van der Waals surface area (Å²) >= 11 is 13.2. The highest BCUT2D eigenvalue weighted by Gasteiger charge is 2.16. The maximum atomic E-state index is 13.8. The second-order valence-corrected chi connectivity index (χ2v) is 6.35. The lowest BCUT2D eigenvalue weighted by atomic mass is 10.2. The molecule has 0 amide bonds. The first-order valence-corrected chi connectivity index (χ1v) is 7.19. The van der Waals surface area contributed by atoms with Crippen LogP contribution in [-0.2, 0) is 0 Å². The van der Waals surface area contributed by atoms with Crippen LogP contribution in [0.4, 0.5) is 10.1 Å². The van der Waals surface area contributed by atoms with Gasteiger partial charge in [-0.3, -0.25) is 0 Å². The van der Waals surface area contributed by atoms with E-state index in [0.29, 0.717) is 31.3 Å². The molecule has 0 radical (unpaired) electrons. The Labute approximate surface area is 128 Å². The zero-order valence-corrected chi connectivity index (χ0v) is 12.3. The summed E-state index contributed by atoms with van der Waals surface area (Å²) in [6.07, 6.45) is 1.55. The molecule has 0 aliphatic rings. The largest absolute Gasteiger partial charge is 0.396 e. The molecule has 0 fully saturated rings. The van der Waals surface area contributed by atoms with Crippen molar-refractivity contribution in [2.75, 3.05) is 5.73 Å². The van der Waals surface area contributed by atoms with Gasteiger partial charge < -0.3 is 5.73 Å². The van der Waals surface area contributed by atoms with Gasteiger partial charge in [-0.1, -0.05) is 35.3 Å². The summed E-state index contributed by atoms with van der Waals surface area (Å²) in [5.41, 5.74) is 7.80. The van der Waals surface area contributed by atoms with E-state index in [1.165, 1.54) is 22.1 Å². The fraction of sp³-hybridized carbons (Fsp3) is 0. The van der Waals surface area contributed by atoms with Gasteiger partial charge in [0.25, 0.3) is 0 Å². The zero-order valence-electron chi connectivity index (χ0n) is 9.98. The van der Waals surface area contributed by atoms with E-state index in [-0.39, 0.29) is 5.82 Å². The number of rotatable bonds is 2. The third-order valence-electron chi connectivity index (χ3n) is 2.75. The van der Waals surface area contributed by atoms with E-state index in [1.807, 2.05) is 0 Å². The minimum Gasteiger partial charge on any atom is -0.396 e. The lowest BCUT2D eigenvalue weighted by Crippen LogP contribution is -1.97. The summed E-state index contributed by atoms with van der Waals surface area (Å²) in [7, 11) is 0. The summed E-state index contributed by atoms with van der Waals surface area (Å²) in [5.74, 6) is -0.379. The molecule has 0 aliphatic heterocycles. The summed E-state index contributed by atoms with van der Waals surface area (Å²) in [6, 6.07) is 8.01. The van der Waals surface area contributed by atoms with E-state index in [4.69, 9.17) is 28.9 Å². The highest BCUT2D eigenvalue weighted by Crippen LogP contribution is 2.39. The van der Waals surface area contributed by atoms with Crippen LogP contribution in [-0.4, -0.2) is 9.78 Å². The molecule has 0 atom stereocenters. The Morgan fingerprint density at radius 1 is 1.25 bits per heavy atom. The Morgan fingerprint density at radius 2 is 2.00 bits per heavy atom. The van der Waals surface area contributed by atoms with Gasteiger partial charge in [0.15, 0.2) is 0 Å². The molecule has 3 rings (SSSR count). The van der Waals surface area contributed by atoms with Crippen molar-refractivity contribution in [3.8, 4) is 16.9 Å². The minimum atomic E-state index is -0.379. The zero-order chi connectivity index (χ0) is 14.3. The fourth-order valence-electron chi connectivity index (χ4n) is 1.86. The molecule has 102 valence electrons. The maximum absolute atomic E-state index is 13.8. The van der Waals surface area contributed by atoms with Gasteiger partial charge in [-0.25, -0.2) is 9.07 Å². The number of thiophene rings is 1. The topological polar surface area (TPSA) is 43.8 Å². The molecule has 0 aliphatic carbocycles. The van der Waals surface area contributed by atoms with Crippen LogP contribution < -0.4 is 5.73 Å². The number of hydrogen-bond donors (Lipinski definition) is 1. The van der Waals surface area contributed by atoms with Crippen LogP contribution >= 0.6 is 34.5 Å². The van der Waals surface area contributed by atoms with Gasteiger partial charge in [-0.15, -0.1) is 11.3 Å². The number of anilines is 1. The summed E-state index contributed by atoms with van der Waals surface area (Å²) in [5, 5.41) is 4.30. The second kappa shape index (κ2) is 5.09. The number of hydrogen-bond acceptors (Lipinski definition) is 3. The highest BCUT2D eigenvalue weighted by atomic mass is 35.5. The third kappa shape index (κ3) is 2.28. The van der Waals surface area contributed by atoms with Crippen LogP contribution in [0.25, 0.3) is 16.9 Å². The fourth-order valence-corrected chi connectivity index (χ4v) is 3.33. The molecule has 0 spiro atoms. The molecule has 0 saturated carbocycles. The monoisotopic (exact) mass is 327 g/mol. The number of aromatic nitrogens is 2. The predicted molar refractivity (Wildman–Crippen MR) is 81.3 cm³/mol. The van der Waals surface area contributed by atoms with Crippen molar-refractivity contribution in [2.45, 2.75) is 0 Å². The Hall–Kier alpha value is -1.56. The second-order valence-electron chi connectivity index (χ2n) is 4.07. The maximum Gasteiger partial charge on any atom is 0.148 e. The van der Waals surface area contributed by atoms with E-state index in [0.717, 1.165) is 0 Å². The Kier molecular flexibility index (Phi) is 3.41. The first-order valence-electron chi connectivity index (χ1n) is 5.61. The van der Waals surface area contributed by atoms with Gasteiger partial charge in [0.05, 0.1) is 16.2 Å². The van der Waals surface area contributed by atoms with E-state index >= 15 is 0 Å². The first kappa shape index (κ1) is 13.4. The molecule has 2 aromatic heterocycles. The molecule has 0 bridgehead atoms. The summed E-state index contributed by atoms with van der Waals surface area (Å²) < 4.78 is 16.2. The smallest absolute Gasteiger partial charge is 0.148 e. The molecule has 3 nitrogen and oxygen atoms in total. The molecular weight excluding hydrogens is 320 g/mol. The standard InChI is InChI=1S/C13H8Cl2FN3S/c14-11-5-7(13(15)20-11)12-9(17)6-19(18-12)10-4-2-1-3-8(10)16/h1-6H,17H2. The van der Waals surface area contributed by atoms with Crippen molar-refractivity contribution < 1.29 is 4.39 Å². The number of para-hydroxylation sites is 1. The van der Waals surface area contributed by atoms with Crippen LogP contribution in [0.3, 0.4) is 0 Å². The van der Waals surface area contributed by atoms with Crippen LogP contribution in [0.1, 0.15) is 0 Å². The molecule has 0 unspecified atom stereocenters. The van der Waals surface area contributed by atoms with Gasteiger partial charge in [-0.05, 0) is 18.2 Å². The molecule has 7 heteroatoms. The Morgan fingerprint density at radius 3 is 2.65 bits per heavy atom. The molecule has 20 heavy (non-hydrogen) atoms. The van der Waals surface area contributed by atoms with E-state index in [2.05, 4.69) is 5.10 Å². The van der Waals surface area contributed by atoms with Gasteiger partial charge in [0.2, 0.25) is 0 Å². The number of nitrogens with two attached hydrogens (primary N) is 1. The molecule has 0 saturated heterocycles. The summed E-state index contributed by atoms with van der Waals surface area (Å²) in [4.78, 5) is 0. The third-order valence-corrected chi connectivity index (χ3v) is 4.24. The van der Waals surface area contributed by atoms with Crippen LogP contribution in [0.5, 0.6) is 0 Å². The van der Waals surface area contributed by atoms with Crippen LogP contribution in [0.2, 0.25) is 8.67 Å². The van der Waals surface area contributed by atoms with Crippen molar-refractivity contribution in [3.05, 3.63) is 51.0 Å². The molecule has 1 aromatic carbocycles. The molecule has 2 heterocycles. The van der Waals surface area contributed by atoms with Crippen molar-refractivity contribution in [3.63, 3.8) is 0 Å². The first-order chi connectivity index (χ1) is 9.56. The van der Waals surface area contributed by atoms with Gasteiger partial charge in [0, 0.05) is 5.56 Å². The van der Waals surface area contributed by atoms with Crippen molar-refractivity contribution in [1.29, 1.82) is 0 Å². The van der Waals surface area contributed by atoms with E-state index < -0.39 is 0 Å². The Bertz CT molecular complexity index is 782. The Balaban J connectivity index is 2.13. The average Bonchev–Trinajstić information content (AvgIpc) is 2.92. The molecular formula is C13H8Cl2FN3S. The molecule has 2 N–H and O–H groups in total. The number of benzene rings is 1. The minimum absolute atomic E-state index is 0.322. The van der Waals surface area contributed by atoms with Crippen molar-refractivity contribution in [1.82, 2.24) is 9.78 Å². The van der Waals surface area contributed by atoms with Crippen molar-refractivity contribution in [2.24, 2.45) is 0 Å². The SMILES string of the molecule is Nc1cn(-c2ccccc2F)nc1-c1cc(Cl)sc1Cl. The number of nitrogen functional groups attached to an aromatic ring is 1. The van der Waals surface area contributed by atoms with E-state index in [1.54, 1.807) is 30.5 Å². The lowest BCUT2D eigenvalue weighted by Gasteiger charge is -2.01. The molecule has 3 aromatic rings. The van der Waals surface area contributed by atoms with Crippen LogP contribution in [0, 0.1) is 5.82 Å². The highest BCUT2D eigenvalue weighted by molar-refractivity contribution is 7.20. The van der Waals surface area contributed by atoms with Crippen LogP contribution in [0.15, 0.2) is 36.5 Å². The quantitative estimate of drug-likeness (QED) is 0.745. The number of halogens is 3.